The van der Waals surface area contributed by atoms with E-state index in [2.05, 4.69) is 0 Å². The van der Waals surface area contributed by atoms with Gasteiger partial charge in [0.25, 0.3) is 0 Å². The minimum atomic E-state index is -1.88. The Hall–Kier alpha value is -0.947. The van der Waals surface area contributed by atoms with Crippen molar-refractivity contribution in [3.63, 3.8) is 0 Å². The number of benzene rings is 2. The first-order valence-electron chi connectivity index (χ1n) is 6.90. The molecule has 0 N–H and O–H groups in total. The molecular weight excluding hydrogens is 404 g/mol. The standard InChI is InChI=1S/C18H17O.2ClH.Ru/c1-14-8-6-7-11-17(14)12-15(2)18(19)13-16-9-4-3-5-10-16;;;/h1,3-12,15H,13H2,2H3;2*1H;/q+1;;;+2/p-2. The molecule has 0 aliphatic heterocycles. The third-order valence-corrected chi connectivity index (χ3v) is 5.17. The fraction of sp³-hybridized carbons (Fsp3) is 0.167. The number of Topliss-reactive ketones (excluding diaryl/α,β-unsaturated/α-hetero) is 1. The number of hydrogen-bond donors (Lipinski definition) is 0. The molecule has 0 spiro atoms. The number of carbonyl (C=O) groups excluding carboxylic acids is 1. The summed E-state index contributed by atoms with van der Waals surface area (Å²) in [6, 6.07) is 17.7. The molecule has 0 heterocycles. The zero-order valence-electron chi connectivity index (χ0n) is 12.2. The monoisotopic (exact) mass is 421 g/mol. The van der Waals surface area contributed by atoms with Crippen molar-refractivity contribution in [3.8, 4) is 0 Å². The van der Waals surface area contributed by atoms with Crippen LogP contribution in [0.2, 0.25) is 0 Å². The van der Waals surface area contributed by atoms with E-state index >= 15 is 0 Å². The van der Waals surface area contributed by atoms with Crippen LogP contribution in [0.15, 0.2) is 54.6 Å². The predicted molar refractivity (Wildman–Crippen MR) is 91.0 cm³/mol. The Bertz CT molecular complexity index is 664. The summed E-state index contributed by atoms with van der Waals surface area (Å²) in [5.41, 5.74) is 3.06. The molecule has 1 unspecified atom stereocenters. The summed E-state index contributed by atoms with van der Waals surface area (Å²) in [7, 11) is 11.9. The SMILES string of the molecule is CC([CH+]c1ccccc1[CH]=[Ru]([Cl])[Cl])C(=O)Cc1ccccc1. The molecule has 1 nitrogen and oxygen atoms in total. The Morgan fingerprint density at radius 2 is 1.77 bits per heavy atom. The van der Waals surface area contributed by atoms with Crippen LogP contribution in [0, 0.1) is 12.3 Å². The van der Waals surface area contributed by atoms with Gasteiger partial charge in [-0.25, -0.2) is 0 Å². The van der Waals surface area contributed by atoms with Crippen LogP contribution in [0.25, 0.3) is 0 Å². The molecule has 2 rings (SSSR count). The molecule has 0 amide bonds. The van der Waals surface area contributed by atoms with E-state index in [0.717, 1.165) is 16.7 Å². The number of carbonyl (C=O) groups is 1. The van der Waals surface area contributed by atoms with E-state index in [1.807, 2.05) is 72.6 Å². The molecule has 0 aliphatic rings. The van der Waals surface area contributed by atoms with Gasteiger partial charge in [-0.1, -0.05) is 0 Å². The summed E-state index contributed by atoms with van der Waals surface area (Å²) in [5.74, 6) is 0.0491. The summed E-state index contributed by atoms with van der Waals surface area (Å²) < 4.78 is 1.91. The third kappa shape index (κ3) is 5.36. The van der Waals surface area contributed by atoms with Crippen LogP contribution in [0.3, 0.4) is 0 Å². The average molecular weight is 421 g/mol. The molecule has 2 aromatic rings. The maximum atomic E-state index is 12.4. The van der Waals surface area contributed by atoms with E-state index in [9.17, 15) is 4.79 Å². The van der Waals surface area contributed by atoms with E-state index in [1.165, 1.54) is 0 Å². The Labute approximate surface area is 144 Å². The van der Waals surface area contributed by atoms with Gasteiger partial charge in [-0.05, 0) is 0 Å². The van der Waals surface area contributed by atoms with Crippen molar-refractivity contribution < 1.29 is 18.3 Å². The van der Waals surface area contributed by atoms with Gasteiger partial charge in [0.2, 0.25) is 0 Å². The van der Waals surface area contributed by atoms with Crippen LogP contribution < -0.4 is 0 Å². The molecule has 0 saturated carbocycles. The summed E-state index contributed by atoms with van der Waals surface area (Å²) in [5, 5.41) is 0. The fourth-order valence-electron chi connectivity index (χ4n) is 2.16. The zero-order valence-corrected chi connectivity index (χ0v) is 15.4. The normalized spacial score (nSPS) is 12.4. The van der Waals surface area contributed by atoms with E-state index in [4.69, 9.17) is 19.4 Å². The zero-order chi connectivity index (χ0) is 15.9. The molecule has 0 bridgehead atoms. The van der Waals surface area contributed by atoms with Gasteiger partial charge in [-0.15, -0.1) is 0 Å². The molecule has 116 valence electrons. The van der Waals surface area contributed by atoms with Gasteiger partial charge in [0, 0.05) is 0 Å². The van der Waals surface area contributed by atoms with Gasteiger partial charge in [0.1, 0.15) is 0 Å². The van der Waals surface area contributed by atoms with Crippen LogP contribution in [0.1, 0.15) is 23.6 Å². The van der Waals surface area contributed by atoms with Crippen molar-refractivity contribution in [2.75, 3.05) is 0 Å². The second-order valence-electron chi connectivity index (χ2n) is 5.02. The van der Waals surface area contributed by atoms with Crippen LogP contribution in [-0.4, -0.2) is 10.4 Å². The second kappa shape index (κ2) is 8.62. The Kier molecular flexibility index (Phi) is 6.82. The fourth-order valence-corrected chi connectivity index (χ4v) is 4.01. The van der Waals surface area contributed by atoms with Crippen molar-refractivity contribution in [1.29, 1.82) is 0 Å². The van der Waals surface area contributed by atoms with Crippen molar-refractivity contribution in [2.24, 2.45) is 5.92 Å². The molecule has 0 fully saturated rings. The third-order valence-electron chi connectivity index (χ3n) is 3.34. The number of ketones is 1. The quantitative estimate of drug-likeness (QED) is 0.486. The van der Waals surface area contributed by atoms with Crippen LogP contribution in [0.4, 0.5) is 0 Å². The maximum absolute atomic E-state index is 12.4. The molecule has 22 heavy (non-hydrogen) atoms. The Morgan fingerprint density at radius 3 is 2.45 bits per heavy atom. The van der Waals surface area contributed by atoms with E-state index in [-0.39, 0.29) is 11.7 Å². The predicted octanol–water partition coefficient (Wildman–Crippen LogP) is 4.76. The van der Waals surface area contributed by atoms with Crippen molar-refractivity contribution in [1.82, 2.24) is 0 Å². The van der Waals surface area contributed by atoms with Crippen molar-refractivity contribution in [2.45, 2.75) is 13.3 Å². The van der Waals surface area contributed by atoms with E-state index in [0.29, 0.717) is 6.42 Å². The van der Waals surface area contributed by atoms with Gasteiger partial charge < -0.3 is 0 Å². The van der Waals surface area contributed by atoms with Gasteiger partial charge in [0.15, 0.2) is 0 Å². The first-order chi connectivity index (χ1) is 10.6. The molecule has 0 saturated heterocycles. The average Bonchev–Trinajstić information content (AvgIpc) is 2.49. The van der Waals surface area contributed by atoms with Gasteiger partial charge in [-0.2, -0.15) is 0 Å². The summed E-state index contributed by atoms with van der Waals surface area (Å²) in [6.07, 6.45) is 2.44. The van der Waals surface area contributed by atoms with Crippen molar-refractivity contribution >= 4 is 29.8 Å². The first-order valence-corrected chi connectivity index (χ1v) is 12.4. The van der Waals surface area contributed by atoms with Gasteiger partial charge >= 0.3 is 145 Å². The summed E-state index contributed by atoms with van der Waals surface area (Å²) >= 11 is -1.88. The number of halogens is 2. The summed E-state index contributed by atoms with van der Waals surface area (Å²) in [4.78, 5) is 12.4. The summed E-state index contributed by atoms with van der Waals surface area (Å²) in [6.45, 7) is 1.93. The van der Waals surface area contributed by atoms with Crippen LogP contribution >= 0.6 is 19.4 Å². The molecule has 4 heteroatoms. The number of rotatable bonds is 6. The molecule has 1 atom stereocenters. The Balaban J connectivity index is 2.07. The van der Waals surface area contributed by atoms with Crippen LogP contribution in [-0.2, 0) is 24.7 Å². The van der Waals surface area contributed by atoms with Crippen LogP contribution in [0.5, 0.6) is 0 Å². The first kappa shape index (κ1) is 17.4. The van der Waals surface area contributed by atoms with Crippen molar-refractivity contribution in [3.05, 3.63) is 77.7 Å². The van der Waals surface area contributed by atoms with Gasteiger partial charge in [-0.3, -0.25) is 0 Å². The molecule has 0 aromatic heterocycles. The molecular formula is C18H17Cl2ORu+. The topological polar surface area (TPSA) is 17.1 Å². The van der Waals surface area contributed by atoms with Gasteiger partial charge in [0.05, 0.1) is 0 Å². The molecule has 0 aliphatic carbocycles. The minimum absolute atomic E-state index is 0.152. The molecule has 2 aromatic carbocycles. The molecule has 0 radical (unpaired) electrons. The Morgan fingerprint density at radius 1 is 1.14 bits per heavy atom. The number of hydrogen-bond acceptors (Lipinski definition) is 1. The second-order valence-corrected chi connectivity index (χ2v) is 10.7. The van der Waals surface area contributed by atoms with E-state index in [1.54, 1.807) is 0 Å². The van der Waals surface area contributed by atoms with E-state index < -0.39 is 13.5 Å².